The number of nitrogens with one attached hydrogen (secondary N) is 1. The summed E-state index contributed by atoms with van der Waals surface area (Å²) in [4.78, 5) is 18.3. The van der Waals surface area contributed by atoms with Gasteiger partial charge >= 0.3 is 6.03 Å². The first-order chi connectivity index (χ1) is 11.2. The van der Waals surface area contributed by atoms with Crippen LogP contribution >= 0.6 is 11.3 Å². The molecular weight excluding hydrogens is 310 g/mol. The van der Waals surface area contributed by atoms with Gasteiger partial charge < -0.3 is 15.3 Å². The molecule has 0 unspecified atom stereocenters. The van der Waals surface area contributed by atoms with Gasteiger partial charge in [0.05, 0.1) is 6.10 Å². The first-order valence-corrected chi connectivity index (χ1v) is 9.57. The number of rotatable bonds is 3. The van der Waals surface area contributed by atoms with E-state index in [0.717, 1.165) is 64.8 Å². The van der Waals surface area contributed by atoms with Crippen LogP contribution < -0.4 is 5.32 Å². The van der Waals surface area contributed by atoms with E-state index in [4.69, 9.17) is 0 Å². The lowest BCUT2D eigenvalue weighted by Crippen LogP contribution is -2.47. The highest BCUT2D eigenvalue weighted by Gasteiger charge is 2.24. The lowest BCUT2D eigenvalue weighted by Gasteiger charge is -2.29. The van der Waals surface area contributed by atoms with Crippen molar-refractivity contribution in [2.24, 2.45) is 0 Å². The number of carbonyl (C=O) groups is 1. The normalized spacial score (nSPS) is 26.7. The molecule has 1 aliphatic heterocycles. The molecule has 6 heteroatoms. The third-order valence-electron chi connectivity index (χ3n) is 4.86. The highest BCUT2D eigenvalue weighted by molar-refractivity contribution is 7.09. The van der Waals surface area contributed by atoms with Crippen molar-refractivity contribution in [3.63, 3.8) is 0 Å². The molecule has 2 fully saturated rings. The fourth-order valence-corrected chi connectivity index (χ4v) is 4.19. The number of thiophene rings is 1. The van der Waals surface area contributed by atoms with Gasteiger partial charge in [0.15, 0.2) is 0 Å². The number of hydrogen-bond acceptors (Lipinski definition) is 4. The van der Waals surface area contributed by atoms with Gasteiger partial charge in [0.25, 0.3) is 0 Å². The molecule has 2 heterocycles. The number of aliphatic hydroxyl groups excluding tert-OH is 1. The molecule has 0 atom stereocenters. The molecular formula is C17H27N3O2S. The average molecular weight is 337 g/mol. The lowest BCUT2D eigenvalue weighted by atomic mass is 9.93. The number of amides is 2. The summed E-state index contributed by atoms with van der Waals surface area (Å²) in [6.07, 6.45) is 4.25. The van der Waals surface area contributed by atoms with Crippen molar-refractivity contribution in [2.45, 2.75) is 50.8 Å². The zero-order valence-electron chi connectivity index (χ0n) is 13.6. The van der Waals surface area contributed by atoms with Gasteiger partial charge in [-0.2, -0.15) is 0 Å². The summed E-state index contributed by atoms with van der Waals surface area (Å²) < 4.78 is 0. The quantitative estimate of drug-likeness (QED) is 0.890. The molecule has 1 aliphatic carbocycles. The Balaban J connectivity index is 1.44. The predicted octanol–water partition coefficient (Wildman–Crippen LogP) is 2.27. The molecule has 0 spiro atoms. The summed E-state index contributed by atoms with van der Waals surface area (Å²) in [6, 6.07) is 4.58. The largest absolute Gasteiger partial charge is 0.393 e. The lowest BCUT2D eigenvalue weighted by molar-refractivity contribution is 0.115. The number of urea groups is 1. The van der Waals surface area contributed by atoms with Crippen molar-refractivity contribution < 1.29 is 9.90 Å². The average Bonchev–Trinajstić information content (AvgIpc) is 2.94. The van der Waals surface area contributed by atoms with Gasteiger partial charge in [-0.3, -0.25) is 4.90 Å². The van der Waals surface area contributed by atoms with Crippen LogP contribution in [0, 0.1) is 0 Å². The molecule has 23 heavy (non-hydrogen) atoms. The standard InChI is InChI=1S/C17H27N3O2S/c21-15-6-4-14(5-7-15)18-17(22)20-9-2-8-19(10-11-20)13-16-3-1-12-23-16/h1,3,12,14-15,21H,2,4-11,13H2,(H,18,22). The van der Waals surface area contributed by atoms with Gasteiger partial charge in [0.1, 0.15) is 0 Å². The van der Waals surface area contributed by atoms with Gasteiger partial charge in [-0.1, -0.05) is 6.07 Å². The van der Waals surface area contributed by atoms with Gasteiger partial charge in [0, 0.05) is 43.6 Å². The summed E-state index contributed by atoms with van der Waals surface area (Å²) in [5, 5.41) is 14.8. The molecule has 128 valence electrons. The summed E-state index contributed by atoms with van der Waals surface area (Å²) in [7, 11) is 0. The zero-order valence-corrected chi connectivity index (χ0v) is 14.4. The van der Waals surface area contributed by atoms with Crippen LogP contribution in [0.3, 0.4) is 0 Å². The summed E-state index contributed by atoms with van der Waals surface area (Å²) in [5.41, 5.74) is 0. The van der Waals surface area contributed by atoms with Gasteiger partial charge in [-0.15, -0.1) is 11.3 Å². The van der Waals surface area contributed by atoms with Crippen molar-refractivity contribution in [3.8, 4) is 0 Å². The number of nitrogens with zero attached hydrogens (tertiary/aromatic N) is 2. The first-order valence-electron chi connectivity index (χ1n) is 8.69. The monoisotopic (exact) mass is 337 g/mol. The Labute approximate surface area is 142 Å². The summed E-state index contributed by atoms with van der Waals surface area (Å²) >= 11 is 1.80. The second-order valence-electron chi connectivity index (χ2n) is 6.65. The van der Waals surface area contributed by atoms with E-state index in [1.165, 1.54) is 4.88 Å². The van der Waals surface area contributed by atoms with E-state index in [-0.39, 0.29) is 18.2 Å². The molecule has 1 saturated heterocycles. The molecule has 2 aliphatic rings. The van der Waals surface area contributed by atoms with Crippen molar-refractivity contribution >= 4 is 17.4 Å². The van der Waals surface area contributed by atoms with E-state index in [1.807, 2.05) is 4.90 Å². The molecule has 3 rings (SSSR count). The highest BCUT2D eigenvalue weighted by atomic mass is 32.1. The Morgan fingerprint density at radius 2 is 2.04 bits per heavy atom. The molecule has 1 saturated carbocycles. The summed E-state index contributed by atoms with van der Waals surface area (Å²) in [5.74, 6) is 0. The SMILES string of the molecule is O=C(NC1CCC(O)CC1)N1CCCN(Cc2cccs2)CC1. The maximum absolute atomic E-state index is 12.5. The fourth-order valence-electron chi connectivity index (χ4n) is 3.44. The van der Waals surface area contributed by atoms with Crippen LogP contribution in [0.25, 0.3) is 0 Å². The van der Waals surface area contributed by atoms with Gasteiger partial charge in [0.2, 0.25) is 0 Å². The minimum absolute atomic E-state index is 0.0735. The van der Waals surface area contributed by atoms with Crippen LogP contribution in [0.5, 0.6) is 0 Å². The highest BCUT2D eigenvalue weighted by Crippen LogP contribution is 2.19. The van der Waals surface area contributed by atoms with E-state index >= 15 is 0 Å². The van der Waals surface area contributed by atoms with Crippen LogP contribution in [0.4, 0.5) is 4.79 Å². The van der Waals surface area contributed by atoms with Crippen molar-refractivity contribution in [1.29, 1.82) is 0 Å². The third kappa shape index (κ3) is 4.93. The Morgan fingerprint density at radius 1 is 1.22 bits per heavy atom. The topological polar surface area (TPSA) is 55.8 Å². The smallest absolute Gasteiger partial charge is 0.317 e. The first kappa shape index (κ1) is 16.7. The predicted molar refractivity (Wildman–Crippen MR) is 92.6 cm³/mol. The van der Waals surface area contributed by atoms with E-state index < -0.39 is 0 Å². The van der Waals surface area contributed by atoms with Crippen LogP contribution in [0.2, 0.25) is 0 Å². The molecule has 1 aromatic rings. The van der Waals surface area contributed by atoms with Crippen molar-refractivity contribution in [3.05, 3.63) is 22.4 Å². The Morgan fingerprint density at radius 3 is 2.78 bits per heavy atom. The van der Waals surface area contributed by atoms with E-state index in [2.05, 4.69) is 27.7 Å². The van der Waals surface area contributed by atoms with Gasteiger partial charge in [-0.25, -0.2) is 4.79 Å². The van der Waals surface area contributed by atoms with E-state index in [1.54, 1.807) is 11.3 Å². The maximum Gasteiger partial charge on any atom is 0.317 e. The summed E-state index contributed by atoms with van der Waals surface area (Å²) in [6.45, 7) is 4.62. The second kappa shape index (κ2) is 8.13. The molecule has 1 aromatic heterocycles. The van der Waals surface area contributed by atoms with Crippen LogP contribution in [-0.2, 0) is 6.54 Å². The Hall–Kier alpha value is -1.11. The van der Waals surface area contributed by atoms with Gasteiger partial charge in [-0.05, 0) is 43.6 Å². The molecule has 0 aromatic carbocycles. The van der Waals surface area contributed by atoms with E-state index in [9.17, 15) is 9.90 Å². The molecule has 2 N–H and O–H groups in total. The Kier molecular flexibility index (Phi) is 5.91. The van der Waals surface area contributed by atoms with Crippen LogP contribution in [-0.4, -0.2) is 59.3 Å². The van der Waals surface area contributed by atoms with Crippen molar-refractivity contribution in [2.75, 3.05) is 26.2 Å². The van der Waals surface area contributed by atoms with Crippen molar-refractivity contribution in [1.82, 2.24) is 15.1 Å². The molecule has 5 nitrogen and oxygen atoms in total. The second-order valence-corrected chi connectivity index (χ2v) is 7.68. The number of aliphatic hydroxyl groups is 1. The Bertz CT molecular complexity index is 486. The third-order valence-corrected chi connectivity index (χ3v) is 5.72. The number of hydrogen-bond donors (Lipinski definition) is 2. The van der Waals surface area contributed by atoms with Crippen LogP contribution in [0.1, 0.15) is 37.0 Å². The van der Waals surface area contributed by atoms with E-state index in [0.29, 0.717) is 0 Å². The molecule has 2 amide bonds. The van der Waals surface area contributed by atoms with Crippen LogP contribution in [0.15, 0.2) is 17.5 Å². The molecule has 0 bridgehead atoms. The minimum atomic E-state index is -0.174. The minimum Gasteiger partial charge on any atom is -0.393 e. The number of carbonyl (C=O) groups excluding carboxylic acids is 1. The zero-order chi connectivity index (χ0) is 16.1. The molecule has 0 radical (unpaired) electrons. The maximum atomic E-state index is 12.5. The fraction of sp³-hybridized carbons (Fsp3) is 0.706.